The first-order valence-electron chi connectivity index (χ1n) is 9.55. The van der Waals surface area contributed by atoms with Gasteiger partial charge in [-0.25, -0.2) is 0 Å². The Balaban J connectivity index is 1.84. The number of ether oxygens (including phenoxy) is 1. The molecule has 1 aliphatic heterocycles. The van der Waals surface area contributed by atoms with Gasteiger partial charge >= 0.3 is 0 Å². The molecule has 3 unspecified atom stereocenters. The first-order valence-corrected chi connectivity index (χ1v) is 9.55. The summed E-state index contributed by atoms with van der Waals surface area (Å²) in [6, 6.07) is 4.19. The topological polar surface area (TPSA) is 52.9 Å². The maximum absolute atomic E-state index is 10.6. The number of aromatic hydroxyl groups is 1. The molecule has 0 radical (unpaired) electrons. The van der Waals surface area contributed by atoms with E-state index in [1.165, 1.54) is 5.56 Å². The number of rotatable bonds is 5. The maximum atomic E-state index is 10.6. The number of nitrogens with zero attached hydrogens (tertiary/aromatic N) is 1. The van der Waals surface area contributed by atoms with Crippen molar-refractivity contribution in [3.8, 4) is 11.5 Å². The number of aliphatic hydroxyl groups is 1. The van der Waals surface area contributed by atoms with Crippen LogP contribution in [0.1, 0.15) is 50.2 Å². The lowest BCUT2D eigenvalue weighted by molar-refractivity contribution is -0.0730. The molecule has 136 valence electrons. The van der Waals surface area contributed by atoms with Gasteiger partial charge in [0.25, 0.3) is 0 Å². The summed E-state index contributed by atoms with van der Waals surface area (Å²) in [5.41, 5.74) is 2.45. The molecule has 1 fully saturated rings. The van der Waals surface area contributed by atoms with E-state index in [9.17, 15) is 10.2 Å². The third-order valence-corrected chi connectivity index (χ3v) is 6.72. The average molecular weight is 343 g/mol. The van der Waals surface area contributed by atoms with Crippen LogP contribution in [-0.2, 0) is 6.42 Å². The van der Waals surface area contributed by atoms with E-state index >= 15 is 0 Å². The highest BCUT2D eigenvalue weighted by atomic mass is 16.5. The third kappa shape index (κ3) is 2.34. The van der Waals surface area contributed by atoms with E-state index in [4.69, 9.17) is 4.74 Å². The largest absolute Gasteiger partial charge is 0.504 e. The van der Waals surface area contributed by atoms with E-state index in [2.05, 4.69) is 25.3 Å². The van der Waals surface area contributed by atoms with Crippen molar-refractivity contribution < 1.29 is 14.9 Å². The zero-order valence-corrected chi connectivity index (χ0v) is 15.2. The van der Waals surface area contributed by atoms with Crippen LogP contribution in [0.5, 0.6) is 11.5 Å². The molecule has 0 aromatic heterocycles. The highest BCUT2D eigenvalue weighted by molar-refractivity contribution is 5.58. The molecule has 4 rings (SSSR count). The molecule has 0 bridgehead atoms. The molecule has 2 N–H and O–H groups in total. The number of aliphatic hydroxyl groups excluding tert-OH is 1. The molecule has 1 saturated carbocycles. The molecule has 1 aromatic rings. The summed E-state index contributed by atoms with van der Waals surface area (Å²) in [7, 11) is 0. The van der Waals surface area contributed by atoms with Crippen LogP contribution in [0.2, 0.25) is 0 Å². The molecule has 0 saturated heterocycles. The van der Waals surface area contributed by atoms with Crippen LogP contribution in [0.3, 0.4) is 0 Å². The van der Waals surface area contributed by atoms with E-state index in [1.807, 2.05) is 12.1 Å². The Morgan fingerprint density at radius 3 is 2.96 bits per heavy atom. The van der Waals surface area contributed by atoms with Crippen molar-refractivity contribution in [3.63, 3.8) is 0 Å². The second-order valence-corrected chi connectivity index (χ2v) is 8.16. The fourth-order valence-electron chi connectivity index (χ4n) is 5.61. The summed E-state index contributed by atoms with van der Waals surface area (Å²) in [6.45, 7) is 10.5. The van der Waals surface area contributed by atoms with E-state index < -0.39 is 6.10 Å². The summed E-state index contributed by atoms with van der Waals surface area (Å²) in [4.78, 5) is 2.55. The van der Waals surface area contributed by atoms with E-state index in [-0.39, 0.29) is 23.2 Å². The van der Waals surface area contributed by atoms with Crippen molar-refractivity contribution in [2.45, 2.75) is 63.7 Å². The van der Waals surface area contributed by atoms with Gasteiger partial charge in [0.05, 0.1) is 6.10 Å². The second kappa shape index (κ2) is 6.03. The molecule has 2 aliphatic carbocycles. The van der Waals surface area contributed by atoms with Crippen molar-refractivity contribution >= 4 is 0 Å². The van der Waals surface area contributed by atoms with Crippen molar-refractivity contribution in [1.82, 2.24) is 4.90 Å². The molecular formula is C21H29NO3. The number of hydrogen-bond acceptors (Lipinski definition) is 4. The lowest BCUT2D eigenvalue weighted by atomic mass is 9.55. The van der Waals surface area contributed by atoms with Crippen LogP contribution in [-0.4, -0.2) is 46.5 Å². The zero-order chi connectivity index (χ0) is 17.8. The van der Waals surface area contributed by atoms with Crippen molar-refractivity contribution in [2.24, 2.45) is 5.41 Å². The molecule has 5 atom stereocenters. The molecule has 4 heteroatoms. The molecule has 1 aromatic carbocycles. The molecule has 0 amide bonds. The zero-order valence-electron chi connectivity index (χ0n) is 15.2. The van der Waals surface area contributed by atoms with Crippen LogP contribution >= 0.6 is 0 Å². The third-order valence-electron chi connectivity index (χ3n) is 6.72. The Kier molecular flexibility index (Phi) is 4.08. The maximum Gasteiger partial charge on any atom is 0.165 e. The Bertz CT molecular complexity index is 688. The van der Waals surface area contributed by atoms with Crippen LogP contribution < -0.4 is 4.74 Å². The lowest BCUT2D eigenvalue weighted by Gasteiger charge is -2.54. The van der Waals surface area contributed by atoms with Crippen LogP contribution in [0, 0.1) is 5.41 Å². The molecule has 0 spiro atoms. The minimum atomic E-state index is -0.462. The summed E-state index contributed by atoms with van der Waals surface area (Å²) >= 11 is 0. The van der Waals surface area contributed by atoms with Crippen molar-refractivity contribution in [3.05, 3.63) is 35.9 Å². The van der Waals surface area contributed by atoms with Crippen LogP contribution in [0.15, 0.2) is 24.8 Å². The van der Waals surface area contributed by atoms with Gasteiger partial charge in [0.15, 0.2) is 11.5 Å². The second-order valence-electron chi connectivity index (χ2n) is 8.16. The molecule has 25 heavy (non-hydrogen) atoms. The van der Waals surface area contributed by atoms with Gasteiger partial charge in [-0.15, -0.1) is 6.58 Å². The van der Waals surface area contributed by atoms with Gasteiger partial charge in [0.1, 0.15) is 6.10 Å². The first-order chi connectivity index (χ1) is 12.0. The fourth-order valence-corrected chi connectivity index (χ4v) is 5.61. The molecular weight excluding hydrogens is 314 g/mol. The van der Waals surface area contributed by atoms with Crippen molar-refractivity contribution in [1.29, 1.82) is 0 Å². The van der Waals surface area contributed by atoms with Crippen molar-refractivity contribution in [2.75, 3.05) is 13.1 Å². The smallest absolute Gasteiger partial charge is 0.165 e. The monoisotopic (exact) mass is 343 g/mol. The van der Waals surface area contributed by atoms with Gasteiger partial charge in [0.2, 0.25) is 0 Å². The molecule has 4 nitrogen and oxygen atoms in total. The average Bonchev–Trinajstić information content (AvgIpc) is 3.01. The quantitative estimate of drug-likeness (QED) is 0.806. The molecule has 1 heterocycles. The van der Waals surface area contributed by atoms with Gasteiger partial charge in [0, 0.05) is 24.1 Å². The van der Waals surface area contributed by atoms with Crippen LogP contribution in [0.25, 0.3) is 0 Å². The van der Waals surface area contributed by atoms with Gasteiger partial charge in [-0.1, -0.05) is 26.0 Å². The van der Waals surface area contributed by atoms with E-state index in [0.29, 0.717) is 11.8 Å². The minimum Gasteiger partial charge on any atom is -0.504 e. The first kappa shape index (κ1) is 16.9. The normalized spacial score (nSPS) is 35.4. The lowest BCUT2D eigenvalue weighted by Crippen LogP contribution is -2.59. The Labute approximate surface area is 150 Å². The van der Waals surface area contributed by atoms with E-state index in [1.54, 1.807) is 6.07 Å². The predicted molar refractivity (Wildman–Crippen MR) is 98.2 cm³/mol. The number of phenolic OH excluding ortho intramolecular Hbond substituents is 1. The summed E-state index contributed by atoms with van der Waals surface area (Å²) in [5, 5.41) is 20.9. The molecule has 3 aliphatic rings. The fraction of sp³-hybridized carbons (Fsp3) is 0.619. The summed E-state index contributed by atoms with van der Waals surface area (Å²) in [6.07, 6.45) is 5.11. The SMILES string of the molecule is C=CCN(CCC)C1Cc2ccc(O)c3c2C2C(O3)[C@H](O)CC[C@]21C. The van der Waals surface area contributed by atoms with Gasteiger partial charge < -0.3 is 14.9 Å². The van der Waals surface area contributed by atoms with Gasteiger partial charge in [-0.05, 0) is 49.3 Å². The summed E-state index contributed by atoms with van der Waals surface area (Å²) in [5.74, 6) is 0.970. The standard InChI is InChI=1S/C21H29NO3/c1-4-10-22(11-5-2)16-12-13-6-7-14(23)19-17(13)18-20(25-19)15(24)8-9-21(16,18)3/h4,6-7,15-16,18,20,23-24H,1,5,8-12H2,2-3H3/t15-,16?,18?,20?,21+/m1/s1. The number of phenols is 1. The number of benzene rings is 1. The highest BCUT2D eigenvalue weighted by Crippen LogP contribution is 2.62. The Morgan fingerprint density at radius 1 is 1.44 bits per heavy atom. The Hall–Kier alpha value is -1.52. The van der Waals surface area contributed by atoms with Gasteiger partial charge in [-0.3, -0.25) is 4.90 Å². The Morgan fingerprint density at radius 2 is 2.24 bits per heavy atom. The number of hydrogen-bond donors (Lipinski definition) is 2. The minimum absolute atomic E-state index is 0.0358. The summed E-state index contributed by atoms with van der Waals surface area (Å²) < 4.78 is 6.12. The van der Waals surface area contributed by atoms with Crippen LogP contribution in [0.4, 0.5) is 0 Å². The van der Waals surface area contributed by atoms with E-state index in [0.717, 1.165) is 44.3 Å². The highest BCUT2D eigenvalue weighted by Gasteiger charge is 2.59. The predicted octanol–water partition coefficient (Wildman–Crippen LogP) is 3.22. The van der Waals surface area contributed by atoms with Gasteiger partial charge in [-0.2, -0.15) is 0 Å².